The van der Waals surface area contributed by atoms with E-state index >= 15 is 0 Å². The molecule has 2 aromatic carbocycles. The second-order valence-electron chi connectivity index (χ2n) is 7.23. The van der Waals surface area contributed by atoms with E-state index in [0.29, 0.717) is 30.4 Å². The van der Waals surface area contributed by atoms with Gasteiger partial charge >= 0.3 is 0 Å². The maximum atomic E-state index is 12.7. The molecule has 0 saturated carbocycles. The van der Waals surface area contributed by atoms with Crippen molar-refractivity contribution in [3.05, 3.63) is 54.1 Å². The Labute approximate surface area is 178 Å². The van der Waals surface area contributed by atoms with Crippen LogP contribution in [0.2, 0.25) is 0 Å². The molecule has 0 radical (unpaired) electrons. The fourth-order valence-electron chi connectivity index (χ4n) is 3.24. The van der Waals surface area contributed by atoms with Crippen molar-refractivity contribution in [2.75, 3.05) is 29.8 Å². The molecule has 0 aromatic heterocycles. The number of fused-ring (bicyclic) bond motifs is 1. The highest BCUT2D eigenvalue weighted by atomic mass is 32.2. The molecule has 2 aromatic rings. The summed E-state index contributed by atoms with van der Waals surface area (Å²) in [4.78, 5) is 12.6. The first-order valence-electron chi connectivity index (χ1n) is 10.1. The minimum Gasteiger partial charge on any atom is -0.486 e. The molecule has 0 unspecified atom stereocenters. The molecule has 1 atom stereocenters. The number of anilines is 1. The molecule has 0 saturated heterocycles. The highest BCUT2D eigenvalue weighted by molar-refractivity contribution is 7.92. The van der Waals surface area contributed by atoms with Crippen molar-refractivity contribution in [2.45, 2.75) is 32.7 Å². The molecule has 30 heavy (non-hydrogen) atoms. The molecule has 0 spiro atoms. The summed E-state index contributed by atoms with van der Waals surface area (Å²) in [6, 6.07) is 14.9. The van der Waals surface area contributed by atoms with Gasteiger partial charge in [0.05, 0.1) is 11.4 Å². The van der Waals surface area contributed by atoms with Crippen LogP contribution in [-0.4, -0.2) is 45.9 Å². The van der Waals surface area contributed by atoms with Crippen LogP contribution in [0.3, 0.4) is 0 Å². The maximum absolute atomic E-state index is 12.7. The third kappa shape index (κ3) is 5.66. The van der Waals surface area contributed by atoms with Crippen molar-refractivity contribution in [3.8, 4) is 11.5 Å². The van der Waals surface area contributed by atoms with E-state index in [4.69, 9.17) is 9.47 Å². The van der Waals surface area contributed by atoms with Crippen molar-refractivity contribution >= 4 is 21.6 Å². The summed E-state index contributed by atoms with van der Waals surface area (Å²) in [5, 5.41) is 2.91. The van der Waals surface area contributed by atoms with Crippen LogP contribution in [0.15, 0.2) is 48.5 Å². The number of ether oxygens (including phenoxy) is 2. The van der Waals surface area contributed by atoms with Gasteiger partial charge < -0.3 is 14.8 Å². The van der Waals surface area contributed by atoms with Gasteiger partial charge in [-0.25, -0.2) is 8.42 Å². The first kappa shape index (κ1) is 22.0. The van der Waals surface area contributed by atoms with E-state index in [1.54, 1.807) is 25.1 Å². The van der Waals surface area contributed by atoms with Gasteiger partial charge in [0.15, 0.2) is 11.5 Å². The molecule has 8 heteroatoms. The molecule has 0 bridgehead atoms. The van der Waals surface area contributed by atoms with Gasteiger partial charge in [-0.15, -0.1) is 0 Å². The summed E-state index contributed by atoms with van der Waals surface area (Å²) in [5.74, 6) is 0.588. The Balaban J connectivity index is 1.67. The fourth-order valence-corrected chi connectivity index (χ4v) is 4.30. The van der Waals surface area contributed by atoms with E-state index in [-0.39, 0.29) is 24.2 Å². The smallest absolute Gasteiger partial charge is 0.240 e. The monoisotopic (exact) mass is 432 g/mol. The Kier molecular flexibility index (Phi) is 7.20. The lowest BCUT2D eigenvalue weighted by molar-refractivity contribution is -0.120. The summed E-state index contributed by atoms with van der Waals surface area (Å²) in [6.07, 6.45) is 1.60. The van der Waals surface area contributed by atoms with Crippen molar-refractivity contribution in [1.82, 2.24) is 5.32 Å². The van der Waals surface area contributed by atoms with Gasteiger partial charge in [0, 0.05) is 12.1 Å². The second-order valence-corrected chi connectivity index (χ2v) is 9.41. The zero-order valence-corrected chi connectivity index (χ0v) is 18.2. The van der Waals surface area contributed by atoms with Crippen LogP contribution in [0.25, 0.3) is 0 Å². The normalized spacial score (nSPS) is 14.1. The van der Waals surface area contributed by atoms with Crippen LogP contribution in [0.1, 0.15) is 25.8 Å². The minimum absolute atomic E-state index is 0.0795. The zero-order chi connectivity index (χ0) is 21.6. The second kappa shape index (κ2) is 9.84. The molecule has 1 amide bonds. The van der Waals surface area contributed by atoms with Crippen LogP contribution in [0, 0.1) is 0 Å². The standard InChI is InChI=1S/C22H28N2O5S/c1-3-30(26,27)24(19-11-12-20-21(15-19)29-14-13-28-20)16-22(25)23-17(2)9-10-18-7-5-4-6-8-18/h4-8,11-12,15,17H,3,9-10,13-14,16H2,1-2H3,(H,23,25)/t17-/m1/s1. The number of sulfonamides is 1. The molecule has 1 aliphatic heterocycles. The summed E-state index contributed by atoms with van der Waals surface area (Å²) >= 11 is 0. The Morgan fingerprint density at radius 2 is 1.80 bits per heavy atom. The van der Waals surface area contributed by atoms with E-state index in [1.165, 1.54) is 5.56 Å². The Morgan fingerprint density at radius 1 is 1.10 bits per heavy atom. The van der Waals surface area contributed by atoms with Crippen molar-refractivity contribution in [2.24, 2.45) is 0 Å². The topological polar surface area (TPSA) is 84.9 Å². The molecule has 7 nitrogen and oxygen atoms in total. The van der Waals surface area contributed by atoms with Crippen LogP contribution in [-0.2, 0) is 21.2 Å². The lowest BCUT2D eigenvalue weighted by Gasteiger charge is -2.26. The predicted molar refractivity (Wildman–Crippen MR) is 117 cm³/mol. The Morgan fingerprint density at radius 3 is 2.50 bits per heavy atom. The molecule has 1 aliphatic rings. The Bertz CT molecular complexity index is 963. The predicted octanol–water partition coefficient (Wildman–Crippen LogP) is 2.75. The number of carbonyl (C=O) groups is 1. The number of hydrogen-bond acceptors (Lipinski definition) is 5. The van der Waals surface area contributed by atoms with Gasteiger partial charge in [0.1, 0.15) is 19.8 Å². The molecule has 3 rings (SSSR count). The number of rotatable bonds is 9. The molecule has 1 heterocycles. The average Bonchev–Trinajstić information content (AvgIpc) is 2.76. The van der Waals surface area contributed by atoms with Crippen molar-refractivity contribution in [3.63, 3.8) is 0 Å². The number of nitrogens with one attached hydrogen (secondary N) is 1. The number of aryl methyl sites for hydroxylation is 1. The van der Waals surface area contributed by atoms with Crippen LogP contribution >= 0.6 is 0 Å². The molecular weight excluding hydrogens is 404 g/mol. The third-order valence-electron chi connectivity index (χ3n) is 4.92. The van der Waals surface area contributed by atoms with Crippen LogP contribution < -0.4 is 19.1 Å². The lowest BCUT2D eigenvalue weighted by atomic mass is 10.1. The van der Waals surface area contributed by atoms with E-state index in [0.717, 1.165) is 17.1 Å². The third-order valence-corrected chi connectivity index (χ3v) is 6.66. The van der Waals surface area contributed by atoms with Gasteiger partial charge in [-0.2, -0.15) is 0 Å². The van der Waals surface area contributed by atoms with Gasteiger partial charge in [-0.3, -0.25) is 9.10 Å². The Hall–Kier alpha value is -2.74. The van der Waals surface area contributed by atoms with E-state index in [1.807, 2.05) is 37.3 Å². The lowest BCUT2D eigenvalue weighted by Crippen LogP contribution is -2.44. The van der Waals surface area contributed by atoms with E-state index in [2.05, 4.69) is 5.32 Å². The number of benzene rings is 2. The summed E-state index contributed by atoms with van der Waals surface area (Å²) in [7, 11) is -3.65. The molecule has 1 N–H and O–H groups in total. The molecule has 0 aliphatic carbocycles. The summed E-state index contributed by atoms with van der Waals surface area (Å²) in [6.45, 7) is 4.04. The maximum Gasteiger partial charge on any atom is 0.240 e. The quantitative estimate of drug-likeness (QED) is 0.659. The number of hydrogen-bond donors (Lipinski definition) is 1. The molecule has 0 fully saturated rings. The summed E-state index contributed by atoms with van der Waals surface area (Å²) in [5.41, 5.74) is 1.58. The minimum atomic E-state index is -3.65. The number of amides is 1. The van der Waals surface area contributed by atoms with Gasteiger partial charge in [-0.05, 0) is 44.4 Å². The number of nitrogens with zero attached hydrogens (tertiary/aromatic N) is 1. The zero-order valence-electron chi connectivity index (χ0n) is 17.3. The first-order chi connectivity index (χ1) is 14.4. The van der Waals surface area contributed by atoms with E-state index in [9.17, 15) is 13.2 Å². The van der Waals surface area contributed by atoms with Gasteiger partial charge in [0.2, 0.25) is 15.9 Å². The highest BCUT2D eigenvalue weighted by Crippen LogP contribution is 2.34. The average molecular weight is 433 g/mol. The van der Waals surface area contributed by atoms with Crippen molar-refractivity contribution < 1.29 is 22.7 Å². The van der Waals surface area contributed by atoms with Crippen LogP contribution in [0.4, 0.5) is 5.69 Å². The highest BCUT2D eigenvalue weighted by Gasteiger charge is 2.25. The van der Waals surface area contributed by atoms with E-state index < -0.39 is 10.0 Å². The van der Waals surface area contributed by atoms with Crippen LogP contribution in [0.5, 0.6) is 11.5 Å². The largest absolute Gasteiger partial charge is 0.486 e. The first-order valence-corrected chi connectivity index (χ1v) is 11.7. The van der Waals surface area contributed by atoms with Gasteiger partial charge in [-0.1, -0.05) is 30.3 Å². The molecular formula is C22H28N2O5S. The number of carbonyl (C=O) groups excluding carboxylic acids is 1. The summed E-state index contributed by atoms with van der Waals surface area (Å²) < 4.78 is 37.5. The molecule has 162 valence electrons. The van der Waals surface area contributed by atoms with Gasteiger partial charge in [0.25, 0.3) is 0 Å². The SMILES string of the molecule is CCS(=O)(=O)N(CC(=O)N[C@H](C)CCc1ccccc1)c1ccc2c(c1)OCCO2. The fraction of sp³-hybridized carbons (Fsp3) is 0.409. The van der Waals surface area contributed by atoms with Crippen molar-refractivity contribution in [1.29, 1.82) is 0 Å².